The fourth-order valence-corrected chi connectivity index (χ4v) is 2.66. The fourth-order valence-electron chi connectivity index (χ4n) is 2.66. The molecule has 0 aliphatic carbocycles. The van der Waals surface area contributed by atoms with Crippen molar-refractivity contribution in [3.63, 3.8) is 0 Å². The maximum atomic E-state index is 12.2. The summed E-state index contributed by atoms with van der Waals surface area (Å²) in [7, 11) is 0. The molecular formula is C18H26N4O3. The molecule has 1 heterocycles. The number of nitrogens with zero attached hydrogens (tertiary/aromatic N) is 2. The molecule has 0 unspecified atom stereocenters. The number of amides is 1. The van der Waals surface area contributed by atoms with E-state index < -0.39 is 5.60 Å². The molecule has 0 radical (unpaired) electrons. The van der Waals surface area contributed by atoms with Crippen molar-refractivity contribution in [1.82, 2.24) is 9.91 Å². The lowest BCUT2D eigenvalue weighted by atomic mass is 10.1. The van der Waals surface area contributed by atoms with E-state index in [1.54, 1.807) is 22.0 Å². The molecule has 136 valence electrons. The van der Waals surface area contributed by atoms with Crippen LogP contribution in [0.3, 0.4) is 0 Å². The molecule has 1 aliphatic heterocycles. The summed E-state index contributed by atoms with van der Waals surface area (Å²) in [4.78, 5) is 24.8. The summed E-state index contributed by atoms with van der Waals surface area (Å²) in [6, 6.07) is 7.27. The molecule has 0 aromatic heterocycles. The smallest absolute Gasteiger partial charge is 0.410 e. The van der Waals surface area contributed by atoms with E-state index in [0.29, 0.717) is 30.8 Å². The fraction of sp³-hybridized carbons (Fsp3) is 0.444. The highest BCUT2D eigenvalue weighted by molar-refractivity contribution is 5.77. The highest BCUT2D eigenvalue weighted by Crippen LogP contribution is 2.21. The number of rotatable bonds is 4. The molecule has 0 atom stereocenters. The van der Waals surface area contributed by atoms with Gasteiger partial charge in [0.1, 0.15) is 11.9 Å². The van der Waals surface area contributed by atoms with Crippen LogP contribution in [0, 0.1) is 0 Å². The van der Waals surface area contributed by atoms with E-state index in [2.05, 4.69) is 0 Å². The maximum absolute atomic E-state index is 12.2. The highest BCUT2D eigenvalue weighted by atomic mass is 16.6. The third-order valence-corrected chi connectivity index (χ3v) is 3.87. The Labute approximate surface area is 148 Å². The van der Waals surface area contributed by atoms with Crippen molar-refractivity contribution in [1.29, 1.82) is 0 Å². The van der Waals surface area contributed by atoms with Gasteiger partial charge in [-0.15, -0.1) is 0 Å². The summed E-state index contributed by atoms with van der Waals surface area (Å²) in [6.07, 6.45) is 0.959. The molecule has 1 aromatic carbocycles. The second-order valence-corrected chi connectivity index (χ2v) is 7.07. The van der Waals surface area contributed by atoms with Gasteiger partial charge in [0.2, 0.25) is 0 Å². The number of nitrogens with two attached hydrogens (primary N) is 2. The SMILES string of the molecule is CC(C)(C)OC(=O)N1CCC(N(N)Cc2ccccc2C=O)=C(N)C1. The highest BCUT2D eigenvalue weighted by Gasteiger charge is 2.27. The molecule has 0 saturated heterocycles. The van der Waals surface area contributed by atoms with E-state index >= 15 is 0 Å². The van der Waals surface area contributed by atoms with Gasteiger partial charge >= 0.3 is 6.09 Å². The summed E-state index contributed by atoms with van der Waals surface area (Å²) >= 11 is 0. The van der Waals surface area contributed by atoms with Crippen LogP contribution in [-0.4, -0.2) is 41.0 Å². The van der Waals surface area contributed by atoms with Crippen LogP contribution in [0.5, 0.6) is 0 Å². The number of ether oxygens (including phenoxy) is 1. The lowest BCUT2D eigenvalue weighted by molar-refractivity contribution is 0.0250. The Morgan fingerprint density at radius 3 is 2.64 bits per heavy atom. The van der Waals surface area contributed by atoms with Crippen molar-refractivity contribution >= 4 is 12.4 Å². The van der Waals surface area contributed by atoms with Crippen molar-refractivity contribution < 1.29 is 14.3 Å². The lowest BCUT2D eigenvalue weighted by Crippen LogP contribution is -2.45. The summed E-state index contributed by atoms with van der Waals surface area (Å²) in [5.74, 6) is 6.16. The van der Waals surface area contributed by atoms with Crippen LogP contribution in [0.1, 0.15) is 43.1 Å². The average Bonchev–Trinajstić information content (AvgIpc) is 2.53. The third kappa shape index (κ3) is 4.96. The molecule has 0 spiro atoms. The van der Waals surface area contributed by atoms with Crippen LogP contribution in [0.25, 0.3) is 0 Å². The minimum absolute atomic E-state index is 0.271. The van der Waals surface area contributed by atoms with E-state index in [9.17, 15) is 9.59 Å². The van der Waals surface area contributed by atoms with Crippen LogP contribution in [0.4, 0.5) is 4.79 Å². The van der Waals surface area contributed by atoms with Crippen LogP contribution < -0.4 is 11.6 Å². The van der Waals surface area contributed by atoms with E-state index in [1.807, 2.05) is 32.9 Å². The monoisotopic (exact) mass is 346 g/mol. The average molecular weight is 346 g/mol. The zero-order valence-electron chi connectivity index (χ0n) is 15.0. The van der Waals surface area contributed by atoms with Crippen LogP contribution in [-0.2, 0) is 11.3 Å². The molecule has 1 aliphatic rings. The minimum atomic E-state index is -0.547. The number of carbonyl (C=O) groups is 2. The van der Waals surface area contributed by atoms with Crippen molar-refractivity contribution in [2.75, 3.05) is 13.1 Å². The third-order valence-electron chi connectivity index (χ3n) is 3.87. The van der Waals surface area contributed by atoms with Gasteiger partial charge in [-0.25, -0.2) is 10.6 Å². The quantitative estimate of drug-likeness (QED) is 0.491. The van der Waals surface area contributed by atoms with Gasteiger partial charge in [-0.3, -0.25) is 4.79 Å². The zero-order valence-corrected chi connectivity index (χ0v) is 15.0. The maximum Gasteiger partial charge on any atom is 0.410 e. The second-order valence-electron chi connectivity index (χ2n) is 7.07. The number of hydrogen-bond donors (Lipinski definition) is 2. The molecule has 0 fully saturated rings. The molecule has 1 amide bonds. The molecule has 0 saturated carbocycles. The van der Waals surface area contributed by atoms with Crippen molar-refractivity contribution in [2.24, 2.45) is 11.6 Å². The van der Waals surface area contributed by atoms with Gasteiger partial charge in [0.05, 0.1) is 18.8 Å². The van der Waals surface area contributed by atoms with Crippen molar-refractivity contribution in [2.45, 2.75) is 39.3 Å². The summed E-state index contributed by atoms with van der Waals surface area (Å²) in [5.41, 5.74) is 8.33. The number of benzene rings is 1. The van der Waals surface area contributed by atoms with E-state index in [0.717, 1.165) is 17.5 Å². The Bertz CT molecular complexity index is 679. The molecule has 25 heavy (non-hydrogen) atoms. The first-order valence-corrected chi connectivity index (χ1v) is 8.22. The van der Waals surface area contributed by atoms with Crippen molar-refractivity contribution in [3.05, 3.63) is 46.8 Å². The Hall–Kier alpha value is -2.54. The largest absolute Gasteiger partial charge is 0.444 e. The summed E-state index contributed by atoms with van der Waals surface area (Å²) < 4.78 is 5.37. The molecule has 4 N–H and O–H groups in total. The van der Waals surface area contributed by atoms with Gasteiger partial charge in [0.15, 0.2) is 0 Å². The van der Waals surface area contributed by atoms with Gasteiger partial charge < -0.3 is 20.4 Å². The minimum Gasteiger partial charge on any atom is -0.444 e. The van der Waals surface area contributed by atoms with Gasteiger partial charge in [-0.2, -0.15) is 0 Å². The Morgan fingerprint density at radius 1 is 1.36 bits per heavy atom. The van der Waals surface area contributed by atoms with Gasteiger partial charge in [-0.05, 0) is 26.3 Å². The number of hydrazine groups is 1. The molecule has 2 rings (SSSR count). The Morgan fingerprint density at radius 2 is 2.04 bits per heavy atom. The first-order valence-electron chi connectivity index (χ1n) is 8.22. The molecule has 1 aromatic rings. The van der Waals surface area contributed by atoms with Crippen LogP contribution in [0.2, 0.25) is 0 Å². The first kappa shape index (κ1) is 18.8. The van der Waals surface area contributed by atoms with E-state index in [-0.39, 0.29) is 12.6 Å². The first-order chi connectivity index (χ1) is 11.7. The standard InChI is InChI=1S/C18H26N4O3/c1-18(2,3)25-17(24)21-9-8-16(15(19)11-21)22(20)10-13-6-4-5-7-14(13)12-23/h4-7,12H,8-11,19-20H2,1-3H3. The second kappa shape index (κ2) is 7.57. The van der Waals surface area contributed by atoms with Gasteiger partial charge in [0.25, 0.3) is 0 Å². The van der Waals surface area contributed by atoms with E-state index in [1.165, 1.54) is 0 Å². The molecule has 7 nitrogen and oxygen atoms in total. The predicted molar refractivity (Wildman–Crippen MR) is 95.2 cm³/mol. The van der Waals surface area contributed by atoms with E-state index in [4.69, 9.17) is 16.3 Å². The normalized spacial score (nSPS) is 15.1. The van der Waals surface area contributed by atoms with Gasteiger partial charge in [-0.1, -0.05) is 24.3 Å². The summed E-state index contributed by atoms with van der Waals surface area (Å²) in [5, 5.41) is 1.55. The number of hydrogen-bond acceptors (Lipinski definition) is 6. The number of carbonyl (C=O) groups excluding carboxylic acids is 2. The predicted octanol–water partition coefficient (Wildman–Crippen LogP) is 1.99. The zero-order chi connectivity index (χ0) is 18.6. The van der Waals surface area contributed by atoms with Crippen molar-refractivity contribution in [3.8, 4) is 0 Å². The topological polar surface area (TPSA) is 102 Å². The molecule has 7 heteroatoms. The molecular weight excluding hydrogens is 320 g/mol. The Kier molecular flexibility index (Phi) is 5.69. The molecule has 0 bridgehead atoms. The van der Waals surface area contributed by atoms with Crippen LogP contribution in [0.15, 0.2) is 35.7 Å². The lowest BCUT2D eigenvalue weighted by Gasteiger charge is -2.34. The summed E-state index contributed by atoms with van der Waals surface area (Å²) in [6.45, 7) is 6.60. The van der Waals surface area contributed by atoms with Gasteiger partial charge in [0, 0.05) is 24.2 Å². The Balaban J connectivity index is 2.06. The number of aldehydes is 1. The van der Waals surface area contributed by atoms with Crippen LogP contribution >= 0.6 is 0 Å².